The molecule has 3 atom stereocenters. The number of rotatable bonds is 3. The molecule has 0 radical (unpaired) electrons. The fourth-order valence-electron chi connectivity index (χ4n) is 5.83. The highest BCUT2D eigenvalue weighted by Gasteiger charge is 2.73. The first-order valence-electron chi connectivity index (χ1n) is 11.3. The highest BCUT2D eigenvalue weighted by Crippen LogP contribution is 2.61. The number of fused-ring (bicyclic) bond motifs is 4. The predicted octanol–water partition coefficient (Wildman–Crippen LogP) is 3.20. The van der Waals surface area contributed by atoms with Gasteiger partial charge < -0.3 is 20.3 Å². The summed E-state index contributed by atoms with van der Waals surface area (Å²) >= 11 is 0. The molecule has 7 nitrogen and oxygen atoms in total. The third kappa shape index (κ3) is 3.26. The number of nitrogens with one attached hydrogen (secondary N) is 1. The highest BCUT2D eigenvalue weighted by molar-refractivity contribution is 5.92. The van der Waals surface area contributed by atoms with Crippen LogP contribution in [-0.4, -0.2) is 50.5 Å². The molecule has 0 bridgehead atoms. The molecule has 186 valence electrons. The van der Waals surface area contributed by atoms with E-state index in [-0.39, 0.29) is 11.1 Å². The molecule has 2 aromatic rings. The quantitative estimate of drug-likeness (QED) is 0.613. The van der Waals surface area contributed by atoms with Gasteiger partial charge in [0.25, 0.3) is 5.56 Å². The van der Waals surface area contributed by atoms with E-state index < -0.39 is 41.7 Å². The summed E-state index contributed by atoms with van der Waals surface area (Å²) in [6.45, 7) is 2.97. The summed E-state index contributed by atoms with van der Waals surface area (Å²) in [5, 5.41) is 30.7. The van der Waals surface area contributed by atoms with Gasteiger partial charge in [0.05, 0.1) is 18.1 Å². The van der Waals surface area contributed by atoms with Crippen LogP contribution in [0, 0.1) is 11.3 Å². The van der Waals surface area contributed by atoms with Crippen LogP contribution < -0.4 is 10.9 Å². The van der Waals surface area contributed by atoms with Crippen molar-refractivity contribution >= 4 is 16.5 Å². The first-order chi connectivity index (χ1) is 16.3. The SMILES string of the molecule is Cn1ncc2c(NCC3(O)C4=CC=C5OCC=C5C4C(C)(C)CC3(O)C(F)(F)F)cccc2c1=O. The molecule has 3 aliphatic rings. The van der Waals surface area contributed by atoms with Gasteiger partial charge in [-0.2, -0.15) is 18.3 Å². The smallest absolute Gasteiger partial charge is 0.420 e. The number of anilines is 1. The number of nitrogens with zero attached hydrogens (tertiary/aromatic N) is 2. The molecule has 1 aromatic heterocycles. The minimum absolute atomic E-state index is 0.0656. The second kappa shape index (κ2) is 7.44. The van der Waals surface area contributed by atoms with Crippen LogP contribution >= 0.6 is 0 Å². The third-order valence-electron chi connectivity index (χ3n) is 7.51. The Morgan fingerprint density at radius 1 is 1.23 bits per heavy atom. The van der Waals surface area contributed by atoms with Gasteiger partial charge in [0.15, 0.2) is 5.60 Å². The molecule has 1 aliphatic heterocycles. The number of allylic oxidation sites excluding steroid dienone is 3. The lowest BCUT2D eigenvalue weighted by molar-refractivity contribution is -0.327. The lowest BCUT2D eigenvalue weighted by Gasteiger charge is -2.58. The number of aliphatic hydroxyl groups is 2. The topological polar surface area (TPSA) is 96.6 Å². The summed E-state index contributed by atoms with van der Waals surface area (Å²) < 4.78 is 50.2. The zero-order valence-corrected chi connectivity index (χ0v) is 19.5. The van der Waals surface area contributed by atoms with E-state index in [1.54, 1.807) is 38.1 Å². The van der Waals surface area contributed by atoms with Crippen LogP contribution in [0.25, 0.3) is 10.8 Å². The van der Waals surface area contributed by atoms with Crippen LogP contribution in [0.3, 0.4) is 0 Å². The van der Waals surface area contributed by atoms with Crippen LogP contribution in [0.2, 0.25) is 0 Å². The second-order valence-corrected chi connectivity index (χ2v) is 10.1. The molecule has 35 heavy (non-hydrogen) atoms. The monoisotopic (exact) mass is 489 g/mol. The summed E-state index contributed by atoms with van der Waals surface area (Å²) in [5.41, 5.74) is -6.42. The van der Waals surface area contributed by atoms with E-state index in [9.17, 15) is 28.2 Å². The van der Waals surface area contributed by atoms with Gasteiger partial charge in [0.2, 0.25) is 0 Å². The van der Waals surface area contributed by atoms with Gasteiger partial charge in [-0.3, -0.25) is 4.79 Å². The molecule has 3 unspecified atom stereocenters. The van der Waals surface area contributed by atoms with Gasteiger partial charge in [0.1, 0.15) is 18.0 Å². The van der Waals surface area contributed by atoms with E-state index in [1.807, 2.05) is 6.08 Å². The normalized spacial score (nSPS) is 29.5. The van der Waals surface area contributed by atoms with Gasteiger partial charge >= 0.3 is 6.18 Å². The molecular formula is C25H26F3N3O4. The van der Waals surface area contributed by atoms with Crippen molar-refractivity contribution < 1.29 is 28.1 Å². The number of hydrogen-bond donors (Lipinski definition) is 3. The van der Waals surface area contributed by atoms with E-state index in [0.717, 1.165) is 4.68 Å². The van der Waals surface area contributed by atoms with Crippen LogP contribution in [-0.2, 0) is 11.8 Å². The van der Waals surface area contributed by atoms with Crippen LogP contribution in [0.5, 0.6) is 0 Å². The molecule has 1 aromatic carbocycles. The summed E-state index contributed by atoms with van der Waals surface area (Å²) in [7, 11) is 1.50. The minimum atomic E-state index is -5.12. The van der Waals surface area contributed by atoms with E-state index in [4.69, 9.17) is 4.74 Å². The van der Waals surface area contributed by atoms with Crippen molar-refractivity contribution in [3.63, 3.8) is 0 Å². The first-order valence-corrected chi connectivity index (χ1v) is 11.3. The Hall–Kier alpha value is -3.11. The average molecular weight is 489 g/mol. The van der Waals surface area contributed by atoms with Crippen LogP contribution in [0.1, 0.15) is 20.3 Å². The van der Waals surface area contributed by atoms with Gasteiger partial charge in [-0.05, 0) is 41.7 Å². The second-order valence-electron chi connectivity index (χ2n) is 10.1. The van der Waals surface area contributed by atoms with Crippen molar-refractivity contribution in [3.8, 4) is 0 Å². The Morgan fingerprint density at radius 2 is 1.97 bits per heavy atom. The number of ether oxygens (including phenoxy) is 1. The summed E-state index contributed by atoms with van der Waals surface area (Å²) in [6.07, 6.45) is 0.381. The van der Waals surface area contributed by atoms with E-state index in [2.05, 4.69) is 10.4 Å². The van der Waals surface area contributed by atoms with Crippen molar-refractivity contribution in [3.05, 3.63) is 69.9 Å². The maximum Gasteiger partial charge on any atom is 0.420 e. The first kappa shape index (κ1) is 23.6. The van der Waals surface area contributed by atoms with Gasteiger partial charge in [-0.25, -0.2) is 4.68 Å². The Kier molecular flexibility index (Phi) is 5.02. The lowest BCUT2D eigenvalue weighted by atomic mass is 9.51. The van der Waals surface area contributed by atoms with E-state index in [1.165, 1.54) is 19.3 Å². The van der Waals surface area contributed by atoms with Crippen LogP contribution in [0.15, 0.2) is 64.3 Å². The molecule has 1 fully saturated rings. The molecule has 2 heterocycles. The number of aromatic nitrogens is 2. The zero-order chi connectivity index (χ0) is 25.4. The Balaban J connectivity index is 1.63. The Labute approximate surface area is 199 Å². The maximum absolute atomic E-state index is 14.5. The van der Waals surface area contributed by atoms with Crippen molar-refractivity contribution in [1.29, 1.82) is 0 Å². The van der Waals surface area contributed by atoms with Crippen molar-refractivity contribution in [1.82, 2.24) is 9.78 Å². The molecule has 0 spiro atoms. The van der Waals surface area contributed by atoms with Crippen molar-refractivity contribution in [2.75, 3.05) is 18.5 Å². The van der Waals surface area contributed by atoms with E-state index in [0.29, 0.717) is 34.4 Å². The third-order valence-corrected chi connectivity index (χ3v) is 7.51. The zero-order valence-electron chi connectivity index (χ0n) is 19.5. The predicted molar refractivity (Wildman–Crippen MR) is 124 cm³/mol. The standard InChI is InChI=1S/C25H26F3N3O4/c1-22(2)12-24(34,25(26,27)28)23(33,17-7-8-19-15(20(17)22)9-10-35-19)13-29-18-6-4-5-14-16(18)11-30-31(3)21(14)32/h4-9,11,20,29,33-34H,10,12-13H2,1-3H3. The van der Waals surface area contributed by atoms with E-state index >= 15 is 0 Å². The fraction of sp³-hybridized carbons (Fsp3) is 0.440. The van der Waals surface area contributed by atoms with Gasteiger partial charge in [-0.15, -0.1) is 0 Å². The Bertz CT molecular complexity index is 1370. The van der Waals surface area contributed by atoms with Gasteiger partial charge in [0, 0.05) is 29.6 Å². The molecule has 3 N–H and O–H groups in total. The van der Waals surface area contributed by atoms with Gasteiger partial charge in [-0.1, -0.05) is 26.0 Å². The van der Waals surface area contributed by atoms with Crippen molar-refractivity contribution in [2.24, 2.45) is 18.4 Å². The largest absolute Gasteiger partial charge is 0.489 e. The number of benzene rings is 1. The molecule has 1 saturated carbocycles. The molecule has 5 rings (SSSR count). The summed E-state index contributed by atoms with van der Waals surface area (Å²) in [5.74, 6) is -0.0172. The lowest BCUT2D eigenvalue weighted by Crippen LogP contribution is -2.72. The summed E-state index contributed by atoms with van der Waals surface area (Å²) in [4.78, 5) is 12.5. The minimum Gasteiger partial charge on any atom is -0.489 e. The van der Waals surface area contributed by atoms with Crippen LogP contribution in [0.4, 0.5) is 18.9 Å². The molecule has 0 amide bonds. The molecule has 10 heteroatoms. The molecular weight excluding hydrogens is 463 g/mol. The number of halogens is 3. The number of aryl methyl sites for hydroxylation is 1. The highest BCUT2D eigenvalue weighted by atomic mass is 19.4. The molecule has 0 saturated heterocycles. The number of hydrogen-bond acceptors (Lipinski definition) is 6. The number of alkyl halides is 3. The fourth-order valence-corrected chi connectivity index (χ4v) is 5.83. The summed E-state index contributed by atoms with van der Waals surface area (Å²) in [6, 6.07) is 4.77. The Morgan fingerprint density at radius 3 is 2.69 bits per heavy atom. The maximum atomic E-state index is 14.5. The van der Waals surface area contributed by atoms with Crippen molar-refractivity contribution in [2.45, 2.75) is 37.6 Å². The average Bonchev–Trinajstić information content (AvgIpc) is 3.26. The molecule has 2 aliphatic carbocycles.